The lowest BCUT2D eigenvalue weighted by molar-refractivity contribution is 1.43. The Morgan fingerprint density at radius 1 is 0.500 bits per heavy atom. The van der Waals surface area contributed by atoms with E-state index in [9.17, 15) is 0 Å². The lowest BCUT2D eigenvalue weighted by atomic mass is 10.1. The van der Waals surface area contributed by atoms with Crippen LogP contribution in [0.15, 0.2) is 91.0 Å². The molecule has 0 spiro atoms. The maximum absolute atomic E-state index is 4.11. The molecule has 1 heteroatoms. The van der Waals surface area contributed by atoms with Crippen molar-refractivity contribution in [3.05, 3.63) is 96.6 Å². The van der Waals surface area contributed by atoms with Gasteiger partial charge in [-0.05, 0) is 16.7 Å². The van der Waals surface area contributed by atoms with E-state index in [1.807, 2.05) is 30.3 Å². The first kappa shape index (κ1) is 14.4. The van der Waals surface area contributed by atoms with Crippen molar-refractivity contribution in [2.75, 3.05) is 0 Å². The molecule has 3 rings (SSSR count). The van der Waals surface area contributed by atoms with Gasteiger partial charge >= 0.3 is 0 Å². The van der Waals surface area contributed by atoms with Crippen LogP contribution in [0.2, 0.25) is 0 Å². The largest absolute Gasteiger partial charge is 0.175 e. The Morgan fingerprint density at radius 2 is 0.850 bits per heavy atom. The van der Waals surface area contributed by atoms with Crippen molar-refractivity contribution in [3.8, 4) is 11.1 Å². The van der Waals surface area contributed by atoms with E-state index in [0.29, 0.717) is 0 Å². The van der Waals surface area contributed by atoms with E-state index in [2.05, 4.69) is 73.3 Å². The maximum Gasteiger partial charge on any atom is 0.0154 e. The number of hydrogen-bond acceptors (Lipinski definition) is 1. The zero-order chi connectivity index (χ0) is 14.0. The highest BCUT2D eigenvalue weighted by Gasteiger charge is 1.91. The van der Waals surface area contributed by atoms with E-state index in [1.165, 1.54) is 16.7 Å². The molecule has 0 aliphatic carbocycles. The van der Waals surface area contributed by atoms with Gasteiger partial charge < -0.3 is 0 Å². The lowest BCUT2D eigenvalue weighted by Gasteiger charge is -1.98. The van der Waals surface area contributed by atoms with Gasteiger partial charge in [0.1, 0.15) is 0 Å². The first-order valence-corrected chi connectivity index (χ1v) is 7.28. The minimum absolute atomic E-state index is 0.834. The molecule has 0 atom stereocenters. The minimum Gasteiger partial charge on any atom is -0.175 e. The van der Waals surface area contributed by atoms with Crippen LogP contribution in [0.1, 0.15) is 5.56 Å². The highest BCUT2D eigenvalue weighted by molar-refractivity contribution is 7.79. The number of rotatable bonds is 2. The van der Waals surface area contributed by atoms with Crippen molar-refractivity contribution in [1.82, 2.24) is 0 Å². The molecule has 0 heterocycles. The van der Waals surface area contributed by atoms with Crippen molar-refractivity contribution in [1.29, 1.82) is 0 Å². The normalized spacial score (nSPS) is 9.45. The highest BCUT2D eigenvalue weighted by Crippen LogP contribution is 2.17. The molecule has 3 aromatic carbocycles. The fraction of sp³-hybridized carbons (Fsp3) is 0.0526. The van der Waals surface area contributed by atoms with Crippen LogP contribution >= 0.6 is 12.6 Å². The smallest absolute Gasteiger partial charge is 0.0154 e. The van der Waals surface area contributed by atoms with Crippen LogP contribution in [0.5, 0.6) is 0 Å². The Bertz CT molecular complexity index is 551. The van der Waals surface area contributed by atoms with Crippen LogP contribution in [0.25, 0.3) is 11.1 Å². The zero-order valence-corrected chi connectivity index (χ0v) is 12.2. The predicted octanol–water partition coefficient (Wildman–Crippen LogP) is 5.47. The van der Waals surface area contributed by atoms with Crippen molar-refractivity contribution in [2.24, 2.45) is 0 Å². The molecule has 0 N–H and O–H groups in total. The van der Waals surface area contributed by atoms with E-state index in [1.54, 1.807) is 0 Å². The Labute approximate surface area is 126 Å². The Kier molecular flexibility index (Phi) is 5.94. The molecule has 0 bridgehead atoms. The summed E-state index contributed by atoms with van der Waals surface area (Å²) in [6.45, 7) is 0. The highest BCUT2D eigenvalue weighted by atomic mass is 32.1. The molecule has 0 saturated heterocycles. The van der Waals surface area contributed by atoms with Crippen LogP contribution in [0.4, 0.5) is 0 Å². The molecule has 0 unspecified atom stereocenters. The molecule has 20 heavy (non-hydrogen) atoms. The van der Waals surface area contributed by atoms with E-state index in [-0.39, 0.29) is 0 Å². The van der Waals surface area contributed by atoms with Gasteiger partial charge in [0.2, 0.25) is 0 Å². The van der Waals surface area contributed by atoms with Crippen LogP contribution in [0.3, 0.4) is 0 Å². The standard InChI is InChI=1S/C12H10.C7H8S/c1-3-7-11(8-4-1)12-9-5-2-6-10-12;8-6-7-4-2-1-3-5-7/h1-10H;1-5,8H,6H2. The van der Waals surface area contributed by atoms with Gasteiger partial charge in [-0.25, -0.2) is 0 Å². The van der Waals surface area contributed by atoms with E-state index in [0.717, 1.165) is 5.75 Å². The number of thiol groups is 1. The first-order valence-electron chi connectivity index (χ1n) is 6.65. The fourth-order valence-electron chi connectivity index (χ4n) is 1.84. The fourth-order valence-corrected chi connectivity index (χ4v) is 2.06. The quantitative estimate of drug-likeness (QED) is 0.590. The van der Waals surface area contributed by atoms with Gasteiger partial charge in [-0.1, -0.05) is 91.0 Å². The topological polar surface area (TPSA) is 0 Å². The van der Waals surface area contributed by atoms with Crippen molar-refractivity contribution in [3.63, 3.8) is 0 Å². The van der Waals surface area contributed by atoms with E-state index in [4.69, 9.17) is 0 Å². The molecular weight excluding hydrogens is 260 g/mol. The second-order valence-corrected chi connectivity index (χ2v) is 4.69. The van der Waals surface area contributed by atoms with Crippen molar-refractivity contribution < 1.29 is 0 Å². The van der Waals surface area contributed by atoms with Gasteiger partial charge in [0.15, 0.2) is 0 Å². The van der Waals surface area contributed by atoms with Gasteiger partial charge in [-0.15, -0.1) is 0 Å². The van der Waals surface area contributed by atoms with Crippen molar-refractivity contribution >= 4 is 12.6 Å². The Hall–Kier alpha value is -1.99. The molecule has 3 aromatic rings. The summed E-state index contributed by atoms with van der Waals surface area (Å²) in [7, 11) is 0. The van der Waals surface area contributed by atoms with Gasteiger partial charge in [0, 0.05) is 5.75 Å². The average Bonchev–Trinajstić information content (AvgIpc) is 2.58. The van der Waals surface area contributed by atoms with Crippen LogP contribution < -0.4 is 0 Å². The second-order valence-electron chi connectivity index (χ2n) is 4.38. The monoisotopic (exact) mass is 278 g/mol. The summed E-state index contributed by atoms with van der Waals surface area (Å²) in [6.07, 6.45) is 0. The Morgan fingerprint density at radius 3 is 1.15 bits per heavy atom. The van der Waals surface area contributed by atoms with Gasteiger partial charge in [0.05, 0.1) is 0 Å². The third-order valence-corrected chi connectivity index (χ3v) is 3.27. The molecule has 0 radical (unpaired) electrons. The van der Waals surface area contributed by atoms with Gasteiger partial charge in [-0.2, -0.15) is 12.6 Å². The lowest BCUT2D eigenvalue weighted by Crippen LogP contribution is -1.73. The van der Waals surface area contributed by atoms with Gasteiger partial charge in [-0.3, -0.25) is 0 Å². The summed E-state index contributed by atoms with van der Waals surface area (Å²) >= 11 is 4.11. The molecule has 0 aliphatic rings. The molecule has 0 aliphatic heterocycles. The van der Waals surface area contributed by atoms with Crippen LogP contribution in [-0.2, 0) is 5.75 Å². The minimum atomic E-state index is 0.834. The summed E-state index contributed by atoms with van der Waals surface area (Å²) < 4.78 is 0. The molecule has 0 nitrogen and oxygen atoms in total. The first-order chi connectivity index (χ1) is 9.90. The third kappa shape index (κ3) is 4.60. The summed E-state index contributed by atoms with van der Waals surface area (Å²) in [4.78, 5) is 0. The zero-order valence-electron chi connectivity index (χ0n) is 11.3. The van der Waals surface area contributed by atoms with E-state index < -0.39 is 0 Å². The van der Waals surface area contributed by atoms with Gasteiger partial charge in [0.25, 0.3) is 0 Å². The average molecular weight is 278 g/mol. The molecule has 0 saturated carbocycles. The summed E-state index contributed by atoms with van der Waals surface area (Å²) in [5, 5.41) is 0. The molecule has 0 fully saturated rings. The number of hydrogen-bond donors (Lipinski definition) is 1. The Balaban J connectivity index is 0.000000160. The molecule has 100 valence electrons. The SMILES string of the molecule is SCc1ccccc1.c1ccc(-c2ccccc2)cc1. The second kappa shape index (κ2) is 8.23. The van der Waals surface area contributed by atoms with Crippen LogP contribution in [0, 0.1) is 0 Å². The summed E-state index contributed by atoms with van der Waals surface area (Å²) in [5.41, 5.74) is 3.83. The van der Waals surface area contributed by atoms with E-state index >= 15 is 0 Å². The number of benzene rings is 3. The molecular formula is C19H18S. The summed E-state index contributed by atoms with van der Waals surface area (Å²) in [6, 6.07) is 31.0. The maximum atomic E-state index is 4.11. The van der Waals surface area contributed by atoms with Crippen LogP contribution in [-0.4, -0.2) is 0 Å². The predicted molar refractivity (Wildman–Crippen MR) is 91.0 cm³/mol. The molecule has 0 aromatic heterocycles. The molecule has 0 amide bonds. The van der Waals surface area contributed by atoms with Crippen molar-refractivity contribution in [2.45, 2.75) is 5.75 Å². The third-order valence-electron chi connectivity index (χ3n) is 2.91. The summed E-state index contributed by atoms with van der Waals surface area (Å²) in [5.74, 6) is 0.834.